The molecule has 100 valence electrons. The summed E-state index contributed by atoms with van der Waals surface area (Å²) in [7, 11) is 0. The second kappa shape index (κ2) is 4.78. The predicted octanol–water partition coefficient (Wildman–Crippen LogP) is 4.45. The van der Waals surface area contributed by atoms with Gasteiger partial charge in [0.25, 0.3) is 0 Å². The topological polar surface area (TPSA) is 12.0 Å². The van der Waals surface area contributed by atoms with Crippen molar-refractivity contribution < 1.29 is 17.6 Å². The highest BCUT2D eigenvalue weighted by atomic mass is 19.4. The van der Waals surface area contributed by atoms with Crippen molar-refractivity contribution in [1.82, 2.24) is 0 Å². The average molecular weight is 261 g/mol. The maximum Gasteiger partial charge on any atom is 0.416 e. The zero-order chi connectivity index (χ0) is 13.3. The number of halogens is 4. The number of hydrogen-bond acceptors (Lipinski definition) is 1. The summed E-state index contributed by atoms with van der Waals surface area (Å²) in [5, 5.41) is 2.92. The van der Waals surface area contributed by atoms with Crippen molar-refractivity contribution in [3.05, 3.63) is 29.6 Å². The van der Waals surface area contributed by atoms with Crippen LogP contribution in [-0.2, 0) is 6.18 Å². The monoisotopic (exact) mass is 261 g/mol. The molecule has 5 heteroatoms. The average Bonchev–Trinajstić information content (AvgIpc) is 3.03. The smallest absolute Gasteiger partial charge is 0.380 e. The minimum absolute atomic E-state index is 0.0729. The van der Waals surface area contributed by atoms with E-state index < -0.39 is 17.6 Å². The summed E-state index contributed by atoms with van der Waals surface area (Å²) < 4.78 is 50.6. The molecule has 2 rings (SSSR count). The molecule has 0 aromatic heterocycles. The van der Waals surface area contributed by atoms with Crippen molar-refractivity contribution >= 4 is 5.69 Å². The summed E-state index contributed by atoms with van der Waals surface area (Å²) in [5.74, 6) is -0.169. The molecule has 0 saturated heterocycles. The SMILES string of the molecule is CC(CC1CC1)Nc1ccc(C(F)(F)F)cc1F. The summed E-state index contributed by atoms with van der Waals surface area (Å²) >= 11 is 0. The van der Waals surface area contributed by atoms with Gasteiger partial charge in [0, 0.05) is 6.04 Å². The van der Waals surface area contributed by atoms with Crippen LogP contribution in [0.5, 0.6) is 0 Å². The van der Waals surface area contributed by atoms with Gasteiger partial charge in [-0.1, -0.05) is 12.8 Å². The molecule has 1 nitrogen and oxygen atoms in total. The number of nitrogens with one attached hydrogen (secondary N) is 1. The van der Waals surface area contributed by atoms with Gasteiger partial charge in [-0.3, -0.25) is 0 Å². The van der Waals surface area contributed by atoms with Gasteiger partial charge in [0.1, 0.15) is 5.82 Å². The number of benzene rings is 1. The Balaban J connectivity index is 2.04. The fraction of sp³-hybridized carbons (Fsp3) is 0.538. The molecular formula is C13H15F4N. The van der Waals surface area contributed by atoms with Crippen molar-refractivity contribution in [3.63, 3.8) is 0 Å². The molecule has 0 aliphatic heterocycles. The molecule has 1 fully saturated rings. The number of hydrogen-bond donors (Lipinski definition) is 1. The number of alkyl halides is 3. The van der Waals surface area contributed by atoms with Gasteiger partial charge in [-0.2, -0.15) is 13.2 Å². The molecule has 0 bridgehead atoms. The van der Waals surface area contributed by atoms with Crippen molar-refractivity contribution in [3.8, 4) is 0 Å². The van der Waals surface area contributed by atoms with Crippen LogP contribution in [0.3, 0.4) is 0 Å². The molecule has 1 unspecified atom stereocenters. The van der Waals surface area contributed by atoms with E-state index in [0.29, 0.717) is 12.0 Å². The van der Waals surface area contributed by atoms with E-state index in [1.165, 1.54) is 12.8 Å². The molecular weight excluding hydrogens is 246 g/mol. The Morgan fingerprint density at radius 3 is 2.50 bits per heavy atom. The van der Waals surface area contributed by atoms with Gasteiger partial charge in [0.15, 0.2) is 0 Å². The first-order valence-electron chi connectivity index (χ1n) is 5.99. The van der Waals surface area contributed by atoms with Crippen LogP contribution in [0, 0.1) is 11.7 Å². The minimum atomic E-state index is -4.50. The van der Waals surface area contributed by atoms with E-state index in [1.807, 2.05) is 6.92 Å². The maximum atomic E-state index is 13.5. The lowest BCUT2D eigenvalue weighted by Crippen LogP contribution is -2.17. The minimum Gasteiger partial charge on any atom is -0.380 e. The summed E-state index contributed by atoms with van der Waals surface area (Å²) in [6, 6.07) is 2.66. The van der Waals surface area contributed by atoms with Crippen molar-refractivity contribution in [2.45, 2.75) is 38.4 Å². The highest BCUT2D eigenvalue weighted by molar-refractivity contribution is 5.47. The van der Waals surface area contributed by atoms with Gasteiger partial charge in [-0.05, 0) is 37.5 Å². The first-order chi connectivity index (χ1) is 8.36. The van der Waals surface area contributed by atoms with E-state index in [1.54, 1.807) is 0 Å². The van der Waals surface area contributed by atoms with E-state index in [4.69, 9.17) is 0 Å². The quantitative estimate of drug-likeness (QED) is 0.790. The first kappa shape index (κ1) is 13.2. The molecule has 1 saturated carbocycles. The van der Waals surface area contributed by atoms with Gasteiger partial charge < -0.3 is 5.32 Å². The van der Waals surface area contributed by atoms with Crippen LogP contribution < -0.4 is 5.32 Å². The molecule has 1 aromatic carbocycles. The van der Waals surface area contributed by atoms with Crippen LogP contribution in [0.15, 0.2) is 18.2 Å². The van der Waals surface area contributed by atoms with Gasteiger partial charge >= 0.3 is 6.18 Å². The first-order valence-corrected chi connectivity index (χ1v) is 5.99. The van der Waals surface area contributed by atoms with E-state index in [0.717, 1.165) is 18.6 Å². The second-order valence-electron chi connectivity index (χ2n) is 4.92. The Kier molecular flexibility index (Phi) is 3.50. The van der Waals surface area contributed by atoms with Crippen LogP contribution >= 0.6 is 0 Å². The van der Waals surface area contributed by atoms with Crippen LogP contribution in [0.2, 0.25) is 0 Å². The van der Waals surface area contributed by atoms with Crippen molar-refractivity contribution in [1.29, 1.82) is 0 Å². The summed E-state index contributed by atoms with van der Waals surface area (Å²) in [5.41, 5.74) is -0.823. The molecule has 1 aliphatic rings. The Bertz CT molecular complexity index is 423. The van der Waals surface area contributed by atoms with E-state index >= 15 is 0 Å². The molecule has 1 N–H and O–H groups in total. The molecule has 1 aliphatic carbocycles. The largest absolute Gasteiger partial charge is 0.416 e. The molecule has 0 amide bonds. The van der Waals surface area contributed by atoms with Gasteiger partial charge in [0.2, 0.25) is 0 Å². The van der Waals surface area contributed by atoms with Gasteiger partial charge in [-0.25, -0.2) is 4.39 Å². The molecule has 1 aromatic rings. The molecule has 0 spiro atoms. The highest BCUT2D eigenvalue weighted by Crippen LogP contribution is 2.35. The lowest BCUT2D eigenvalue weighted by molar-refractivity contribution is -0.137. The second-order valence-corrected chi connectivity index (χ2v) is 4.92. The third-order valence-electron chi connectivity index (χ3n) is 3.08. The molecule has 0 heterocycles. The number of anilines is 1. The summed E-state index contributed by atoms with van der Waals surface area (Å²) in [4.78, 5) is 0. The van der Waals surface area contributed by atoms with Crippen LogP contribution in [-0.4, -0.2) is 6.04 Å². The standard InChI is InChI=1S/C13H15F4N/c1-8(6-9-2-3-9)18-12-5-4-10(7-11(12)14)13(15,16)17/h4-5,7-9,18H,2-3,6H2,1H3. The summed E-state index contributed by atoms with van der Waals surface area (Å²) in [6.07, 6.45) is -1.18. The fourth-order valence-electron chi connectivity index (χ4n) is 1.99. The van der Waals surface area contributed by atoms with E-state index in [9.17, 15) is 17.6 Å². The third-order valence-corrected chi connectivity index (χ3v) is 3.08. The molecule has 0 radical (unpaired) electrons. The van der Waals surface area contributed by atoms with Gasteiger partial charge in [-0.15, -0.1) is 0 Å². The molecule has 1 atom stereocenters. The van der Waals surface area contributed by atoms with Crippen molar-refractivity contribution in [2.24, 2.45) is 5.92 Å². The summed E-state index contributed by atoms with van der Waals surface area (Å²) in [6.45, 7) is 1.91. The lowest BCUT2D eigenvalue weighted by Gasteiger charge is -2.16. The Hall–Kier alpha value is -1.26. The van der Waals surface area contributed by atoms with E-state index in [2.05, 4.69) is 5.32 Å². The highest BCUT2D eigenvalue weighted by Gasteiger charge is 2.31. The Morgan fingerprint density at radius 1 is 1.33 bits per heavy atom. The third kappa shape index (κ3) is 3.37. The lowest BCUT2D eigenvalue weighted by atomic mass is 10.1. The van der Waals surface area contributed by atoms with E-state index in [-0.39, 0.29) is 11.7 Å². The number of rotatable bonds is 4. The zero-order valence-corrected chi connectivity index (χ0v) is 10.0. The van der Waals surface area contributed by atoms with Gasteiger partial charge in [0.05, 0.1) is 11.3 Å². The maximum absolute atomic E-state index is 13.5. The molecule has 18 heavy (non-hydrogen) atoms. The van der Waals surface area contributed by atoms with Crippen molar-refractivity contribution in [2.75, 3.05) is 5.32 Å². The fourth-order valence-corrected chi connectivity index (χ4v) is 1.99. The zero-order valence-electron chi connectivity index (χ0n) is 10.0. The predicted molar refractivity (Wildman–Crippen MR) is 61.8 cm³/mol. The Labute approximate surface area is 103 Å². The van der Waals surface area contributed by atoms with Crippen LogP contribution in [0.4, 0.5) is 23.2 Å². The van der Waals surface area contributed by atoms with Crippen LogP contribution in [0.25, 0.3) is 0 Å². The Morgan fingerprint density at radius 2 is 2.00 bits per heavy atom. The van der Waals surface area contributed by atoms with Crippen LogP contribution in [0.1, 0.15) is 31.7 Å². The normalized spacial score (nSPS) is 17.6.